The number of hydrogen-bond acceptors (Lipinski definition) is 1. The average molecular weight is 218 g/mol. The Hall–Kier alpha value is -1.34. The fourth-order valence-corrected chi connectivity index (χ4v) is 1.61. The fourth-order valence-electron chi connectivity index (χ4n) is 1.44. The molecule has 0 unspecified atom stereocenters. The predicted molar refractivity (Wildman–Crippen MR) is 66.3 cm³/mol. The number of halogens is 1. The molecule has 1 aromatic carbocycles. The van der Waals surface area contributed by atoms with Gasteiger partial charge in [0.05, 0.1) is 11.6 Å². The molecule has 0 amide bonds. The summed E-state index contributed by atoms with van der Waals surface area (Å²) in [5, 5.41) is 0. The van der Waals surface area contributed by atoms with Gasteiger partial charge in [0.2, 0.25) is 0 Å². The van der Waals surface area contributed by atoms with Crippen LogP contribution in [0.25, 0.3) is 6.08 Å². The molecule has 0 atom stereocenters. The van der Waals surface area contributed by atoms with Gasteiger partial charge in [-0.1, -0.05) is 42.5 Å². The van der Waals surface area contributed by atoms with Gasteiger partial charge in [0.25, 0.3) is 0 Å². The molecular formula is C13H12ClN. The first kappa shape index (κ1) is 10.2. The minimum absolute atomic E-state index is 0.503. The Balaban J connectivity index is 2.03. The molecule has 1 aliphatic rings. The van der Waals surface area contributed by atoms with Crippen molar-refractivity contribution in [2.75, 3.05) is 5.88 Å². The van der Waals surface area contributed by atoms with Crippen molar-refractivity contribution in [3.05, 3.63) is 53.7 Å². The smallest absolute Gasteiger partial charge is 0.0644 e. The number of benzene rings is 1. The van der Waals surface area contributed by atoms with Gasteiger partial charge in [-0.2, -0.15) is 0 Å². The van der Waals surface area contributed by atoms with E-state index in [4.69, 9.17) is 11.6 Å². The van der Waals surface area contributed by atoms with Gasteiger partial charge < -0.3 is 0 Å². The fraction of sp³-hybridized carbons (Fsp3) is 0.154. The van der Waals surface area contributed by atoms with Gasteiger partial charge in [-0.05, 0) is 11.6 Å². The maximum Gasteiger partial charge on any atom is 0.0644 e. The van der Waals surface area contributed by atoms with Crippen molar-refractivity contribution in [3.63, 3.8) is 0 Å². The lowest BCUT2D eigenvalue weighted by molar-refractivity contribution is 1.34. The van der Waals surface area contributed by atoms with Gasteiger partial charge in [-0.25, -0.2) is 0 Å². The maximum atomic E-state index is 5.69. The summed E-state index contributed by atoms with van der Waals surface area (Å²) in [7, 11) is 0. The van der Waals surface area contributed by atoms with E-state index in [9.17, 15) is 0 Å². The van der Waals surface area contributed by atoms with Crippen molar-refractivity contribution in [3.8, 4) is 0 Å². The van der Waals surface area contributed by atoms with Crippen molar-refractivity contribution in [2.24, 2.45) is 4.99 Å². The van der Waals surface area contributed by atoms with Crippen molar-refractivity contribution in [1.29, 1.82) is 0 Å². The van der Waals surface area contributed by atoms with E-state index in [0.717, 1.165) is 17.8 Å². The van der Waals surface area contributed by atoms with Gasteiger partial charge in [0.15, 0.2) is 0 Å². The molecule has 0 aromatic heterocycles. The van der Waals surface area contributed by atoms with Crippen LogP contribution in [0.3, 0.4) is 0 Å². The zero-order valence-corrected chi connectivity index (χ0v) is 9.11. The van der Waals surface area contributed by atoms with Crippen LogP contribution in [-0.4, -0.2) is 11.6 Å². The normalized spacial score (nSPS) is 15.5. The van der Waals surface area contributed by atoms with E-state index in [1.165, 1.54) is 5.56 Å². The lowest BCUT2D eigenvalue weighted by atomic mass is 10.2. The molecule has 1 aromatic rings. The first-order valence-electron chi connectivity index (χ1n) is 4.94. The van der Waals surface area contributed by atoms with Crippen LogP contribution in [0.4, 0.5) is 0 Å². The number of alkyl halides is 1. The van der Waals surface area contributed by atoms with E-state index < -0.39 is 0 Å². The summed E-state index contributed by atoms with van der Waals surface area (Å²) in [5.74, 6) is 0.503. The van der Waals surface area contributed by atoms with E-state index in [1.807, 2.05) is 24.3 Å². The summed E-state index contributed by atoms with van der Waals surface area (Å²) >= 11 is 5.69. The minimum Gasteiger partial charge on any atom is -0.257 e. The molecule has 1 nitrogen and oxygen atoms in total. The van der Waals surface area contributed by atoms with Crippen molar-refractivity contribution >= 4 is 23.4 Å². The molecule has 2 rings (SSSR count). The van der Waals surface area contributed by atoms with Crippen LogP contribution in [0.5, 0.6) is 0 Å². The quantitative estimate of drug-likeness (QED) is 0.686. The SMILES string of the molecule is ClCC1=CCC(/C=C/c2ccccc2)=N1. The number of aliphatic imine (C=N–C) groups is 1. The second-order valence-electron chi connectivity index (χ2n) is 3.38. The second-order valence-corrected chi connectivity index (χ2v) is 3.65. The zero-order chi connectivity index (χ0) is 10.5. The molecule has 0 N–H and O–H groups in total. The van der Waals surface area contributed by atoms with Crippen LogP contribution in [0.15, 0.2) is 53.2 Å². The Labute approximate surface area is 94.8 Å². The predicted octanol–water partition coefficient (Wildman–Crippen LogP) is 3.67. The molecule has 0 bridgehead atoms. The number of hydrogen-bond donors (Lipinski definition) is 0. The van der Waals surface area contributed by atoms with Crippen molar-refractivity contribution in [1.82, 2.24) is 0 Å². The molecule has 2 heteroatoms. The molecule has 1 aliphatic heterocycles. The third kappa shape index (κ3) is 2.80. The van der Waals surface area contributed by atoms with Gasteiger partial charge in [-0.15, -0.1) is 11.6 Å². The first-order chi connectivity index (χ1) is 7.38. The highest BCUT2D eigenvalue weighted by Crippen LogP contribution is 2.13. The maximum absolute atomic E-state index is 5.69. The van der Waals surface area contributed by atoms with Crippen molar-refractivity contribution < 1.29 is 0 Å². The second kappa shape index (κ2) is 4.94. The summed E-state index contributed by atoms with van der Waals surface area (Å²) in [6.07, 6.45) is 7.08. The summed E-state index contributed by atoms with van der Waals surface area (Å²) in [6, 6.07) is 10.2. The third-order valence-electron chi connectivity index (χ3n) is 2.24. The summed E-state index contributed by atoms with van der Waals surface area (Å²) < 4.78 is 0. The van der Waals surface area contributed by atoms with Crippen LogP contribution in [0, 0.1) is 0 Å². The number of nitrogens with zero attached hydrogens (tertiary/aromatic N) is 1. The monoisotopic (exact) mass is 217 g/mol. The molecule has 1 heterocycles. The molecule has 0 aliphatic carbocycles. The van der Waals surface area contributed by atoms with Crippen LogP contribution in [0.1, 0.15) is 12.0 Å². The average Bonchev–Trinajstić information content (AvgIpc) is 2.76. The van der Waals surface area contributed by atoms with E-state index >= 15 is 0 Å². The molecule has 0 saturated carbocycles. The highest BCUT2D eigenvalue weighted by atomic mass is 35.5. The van der Waals surface area contributed by atoms with Crippen molar-refractivity contribution in [2.45, 2.75) is 6.42 Å². The van der Waals surface area contributed by atoms with Gasteiger partial charge in [0, 0.05) is 12.1 Å². The highest BCUT2D eigenvalue weighted by Gasteiger charge is 2.03. The van der Waals surface area contributed by atoms with Crippen LogP contribution in [-0.2, 0) is 0 Å². The Morgan fingerprint density at radius 1 is 1.20 bits per heavy atom. The highest BCUT2D eigenvalue weighted by molar-refractivity contribution is 6.20. The minimum atomic E-state index is 0.503. The van der Waals surface area contributed by atoms with Crippen LogP contribution >= 0.6 is 11.6 Å². The lowest BCUT2D eigenvalue weighted by Crippen LogP contribution is -1.85. The molecular weight excluding hydrogens is 206 g/mol. The van der Waals surface area contributed by atoms with E-state index in [1.54, 1.807) is 0 Å². The molecule has 76 valence electrons. The zero-order valence-electron chi connectivity index (χ0n) is 8.36. The first-order valence-corrected chi connectivity index (χ1v) is 5.47. The van der Waals surface area contributed by atoms with E-state index in [-0.39, 0.29) is 0 Å². The summed E-state index contributed by atoms with van der Waals surface area (Å²) in [5.41, 5.74) is 3.25. The van der Waals surface area contributed by atoms with Gasteiger partial charge in [0.1, 0.15) is 0 Å². The topological polar surface area (TPSA) is 12.4 Å². The Morgan fingerprint density at radius 2 is 2.00 bits per heavy atom. The third-order valence-corrected chi connectivity index (χ3v) is 2.51. The Bertz CT molecular complexity index is 415. The van der Waals surface area contributed by atoms with Gasteiger partial charge in [-0.3, -0.25) is 4.99 Å². The molecule has 0 saturated heterocycles. The van der Waals surface area contributed by atoms with E-state index in [0.29, 0.717) is 5.88 Å². The van der Waals surface area contributed by atoms with Gasteiger partial charge >= 0.3 is 0 Å². The summed E-state index contributed by atoms with van der Waals surface area (Å²) in [6.45, 7) is 0. The Morgan fingerprint density at radius 3 is 2.67 bits per heavy atom. The van der Waals surface area contributed by atoms with Crippen LogP contribution in [0.2, 0.25) is 0 Å². The molecule has 0 fully saturated rings. The molecule has 0 radical (unpaired) electrons. The summed E-state index contributed by atoms with van der Waals surface area (Å²) in [4.78, 5) is 4.38. The lowest BCUT2D eigenvalue weighted by Gasteiger charge is -1.92. The van der Waals surface area contributed by atoms with Crippen LogP contribution < -0.4 is 0 Å². The Kier molecular flexibility index (Phi) is 3.36. The largest absolute Gasteiger partial charge is 0.257 e. The number of allylic oxidation sites excluding steroid dienone is 3. The standard InChI is InChI=1S/C13H12ClN/c14-10-13-9-8-12(15-13)7-6-11-4-2-1-3-5-11/h1-7,9H,8,10H2/b7-6+. The number of rotatable bonds is 3. The molecule has 15 heavy (non-hydrogen) atoms. The molecule has 0 spiro atoms. The van der Waals surface area contributed by atoms with E-state index in [2.05, 4.69) is 29.3 Å².